The molecule has 2 aromatic rings. The minimum atomic E-state index is -3.65. The maximum absolute atomic E-state index is 12.3. The summed E-state index contributed by atoms with van der Waals surface area (Å²) in [6.07, 6.45) is 0. The largest absolute Gasteiger partial charge is 0.399 e. The van der Waals surface area contributed by atoms with Gasteiger partial charge in [-0.1, -0.05) is 0 Å². The molecule has 0 aliphatic heterocycles. The molecule has 0 aromatic heterocycles. The molecule has 0 spiro atoms. The normalized spacial score (nSPS) is 11.2. The number of hydrogen-bond donors (Lipinski definition) is 2. The van der Waals surface area contributed by atoms with E-state index in [9.17, 15) is 8.42 Å². The van der Waals surface area contributed by atoms with Crippen LogP contribution in [0.4, 0.5) is 17.1 Å². The van der Waals surface area contributed by atoms with E-state index in [0.29, 0.717) is 36.2 Å². The lowest BCUT2D eigenvalue weighted by molar-refractivity contribution is 0.601. The van der Waals surface area contributed by atoms with Crippen molar-refractivity contribution < 1.29 is 8.42 Å². The third kappa shape index (κ3) is 4.93. The first kappa shape index (κ1) is 18.7. The summed E-state index contributed by atoms with van der Waals surface area (Å²) in [5.74, 6) is 0.977. The molecule has 0 saturated heterocycles. The zero-order valence-corrected chi connectivity index (χ0v) is 15.3. The average molecular weight is 388 g/mol. The molecule has 0 aliphatic carbocycles. The number of hydrogen-bond acceptors (Lipinski definition) is 4. The van der Waals surface area contributed by atoms with Gasteiger partial charge in [0, 0.05) is 41.9 Å². The van der Waals surface area contributed by atoms with Crippen LogP contribution in [0.15, 0.2) is 53.4 Å². The molecular weight excluding hydrogens is 369 g/mol. The highest BCUT2D eigenvalue weighted by atomic mass is 35.5. The van der Waals surface area contributed by atoms with E-state index in [1.165, 1.54) is 12.1 Å². The van der Waals surface area contributed by atoms with Gasteiger partial charge in [0.05, 0.1) is 4.90 Å². The van der Waals surface area contributed by atoms with E-state index in [2.05, 4.69) is 4.72 Å². The van der Waals surface area contributed by atoms with Gasteiger partial charge in [-0.2, -0.15) is 0 Å². The molecular formula is C16H19Cl2N3O2S. The molecule has 3 N–H and O–H groups in total. The standard InChI is InChI=1S/C16H19Cl2N3O2S/c17-9-11-21(12-10-18)15-5-3-14(4-6-15)20-24(22,23)16-7-1-13(19)2-8-16/h1-8,20H,9-12,19H2. The zero-order valence-electron chi connectivity index (χ0n) is 13.0. The molecule has 8 heteroatoms. The lowest BCUT2D eigenvalue weighted by Crippen LogP contribution is -2.27. The number of benzene rings is 2. The molecule has 5 nitrogen and oxygen atoms in total. The Hall–Kier alpha value is -1.63. The van der Waals surface area contributed by atoms with Crippen molar-refractivity contribution in [3.05, 3.63) is 48.5 Å². The Kier molecular flexibility index (Phi) is 6.60. The number of nitrogens with two attached hydrogens (primary N) is 1. The van der Waals surface area contributed by atoms with Crippen LogP contribution < -0.4 is 15.4 Å². The van der Waals surface area contributed by atoms with Crippen LogP contribution in [0.25, 0.3) is 0 Å². The van der Waals surface area contributed by atoms with Crippen LogP contribution in [0.5, 0.6) is 0 Å². The van der Waals surface area contributed by atoms with E-state index in [4.69, 9.17) is 28.9 Å². The van der Waals surface area contributed by atoms with Crippen molar-refractivity contribution >= 4 is 50.3 Å². The maximum Gasteiger partial charge on any atom is 0.261 e. The van der Waals surface area contributed by atoms with Gasteiger partial charge in [0.15, 0.2) is 0 Å². The van der Waals surface area contributed by atoms with E-state index < -0.39 is 10.0 Å². The molecule has 130 valence electrons. The Morgan fingerprint density at radius 2 is 1.46 bits per heavy atom. The van der Waals surface area contributed by atoms with Gasteiger partial charge < -0.3 is 10.6 Å². The molecule has 0 heterocycles. The fourth-order valence-electron chi connectivity index (χ4n) is 2.18. The number of anilines is 3. The summed E-state index contributed by atoms with van der Waals surface area (Å²) in [6, 6.07) is 13.1. The lowest BCUT2D eigenvalue weighted by atomic mass is 10.2. The van der Waals surface area contributed by atoms with Gasteiger partial charge in [0.1, 0.15) is 0 Å². The number of nitrogen functional groups attached to an aromatic ring is 1. The summed E-state index contributed by atoms with van der Waals surface area (Å²) < 4.78 is 27.2. The number of halogens is 2. The van der Waals surface area contributed by atoms with Crippen molar-refractivity contribution in [1.82, 2.24) is 0 Å². The number of nitrogens with one attached hydrogen (secondary N) is 1. The van der Waals surface area contributed by atoms with E-state index in [-0.39, 0.29) is 4.90 Å². The van der Waals surface area contributed by atoms with Gasteiger partial charge in [-0.25, -0.2) is 8.42 Å². The Morgan fingerprint density at radius 3 is 1.96 bits per heavy atom. The Labute approximate surface area is 152 Å². The monoisotopic (exact) mass is 387 g/mol. The van der Waals surface area contributed by atoms with E-state index in [1.54, 1.807) is 24.3 Å². The molecule has 2 rings (SSSR count). The SMILES string of the molecule is Nc1ccc(S(=O)(=O)Nc2ccc(N(CCCl)CCCl)cc2)cc1. The highest BCUT2D eigenvalue weighted by Crippen LogP contribution is 2.21. The van der Waals surface area contributed by atoms with Crippen molar-refractivity contribution in [2.45, 2.75) is 4.90 Å². The van der Waals surface area contributed by atoms with Crippen LogP contribution in [-0.4, -0.2) is 33.3 Å². The number of alkyl halides is 2. The zero-order chi connectivity index (χ0) is 17.6. The first-order chi connectivity index (χ1) is 11.5. The third-order valence-corrected chi connectivity index (χ3v) is 5.12. The minimum absolute atomic E-state index is 0.159. The van der Waals surface area contributed by atoms with Gasteiger partial charge in [0.25, 0.3) is 10.0 Å². The third-order valence-electron chi connectivity index (χ3n) is 3.38. The molecule has 2 aromatic carbocycles. The molecule has 24 heavy (non-hydrogen) atoms. The molecule has 0 amide bonds. The fraction of sp³-hybridized carbons (Fsp3) is 0.250. The van der Waals surface area contributed by atoms with Crippen LogP contribution in [0.1, 0.15) is 0 Å². The van der Waals surface area contributed by atoms with Crippen molar-refractivity contribution in [2.75, 3.05) is 40.2 Å². The second-order valence-electron chi connectivity index (χ2n) is 5.09. The highest BCUT2D eigenvalue weighted by molar-refractivity contribution is 7.92. The Morgan fingerprint density at radius 1 is 0.917 bits per heavy atom. The van der Waals surface area contributed by atoms with Crippen LogP contribution in [0, 0.1) is 0 Å². The fourth-order valence-corrected chi connectivity index (χ4v) is 3.64. The summed E-state index contributed by atoms with van der Waals surface area (Å²) >= 11 is 11.6. The van der Waals surface area contributed by atoms with Crippen molar-refractivity contribution in [3.8, 4) is 0 Å². The predicted molar refractivity (Wildman–Crippen MR) is 102 cm³/mol. The summed E-state index contributed by atoms with van der Waals surface area (Å²) in [5, 5.41) is 0. The summed E-state index contributed by atoms with van der Waals surface area (Å²) in [5.41, 5.74) is 7.50. The molecule has 0 atom stereocenters. The van der Waals surface area contributed by atoms with Crippen molar-refractivity contribution in [2.24, 2.45) is 0 Å². The summed E-state index contributed by atoms with van der Waals surface area (Å²) in [6.45, 7) is 1.34. The number of rotatable bonds is 8. The number of nitrogens with zero attached hydrogens (tertiary/aromatic N) is 1. The van der Waals surface area contributed by atoms with Crippen LogP contribution in [0.3, 0.4) is 0 Å². The Balaban J connectivity index is 2.14. The average Bonchev–Trinajstić information content (AvgIpc) is 2.55. The van der Waals surface area contributed by atoms with Crippen molar-refractivity contribution in [3.63, 3.8) is 0 Å². The second-order valence-corrected chi connectivity index (χ2v) is 7.52. The summed E-state index contributed by atoms with van der Waals surface area (Å²) in [4.78, 5) is 2.20. The Bertz CT molecular complexity index is 744. The molecule has 0 aliphatic rings. The van der Waals surface area contributed by atoms with Crippen LogP contribution >= 0.6 is 23.2 Å². The molecule has 0 unspecified atom stereocenters. The van der Waals surface area contributed by atoms with E-state index in [1.807, 2.05) is 17.0 Å². The van der Waals surface area contributed by atoms with E-state index in [0.717, 1.165) is 5.69 Å². The maximum atomic E-state index is 12.3. The smallest absolute Gasteiger partial charge is 0.261 e. The predicted octanol–water partition coefficient (Wildman–Crippen LogP) is 3.35. The lowest BCUT2D eigenvalue weighted by Gasteiger charge is -2.23. The van der Waals surface area contributed by atoms with Gasteiger partial charge in [0.2, 0.25) is 0 Å². The highest BCUT2D eigenvalue weighted by Gasteiger charge is 2.14. The van der Waals surface area contributed by atoms with Gasteiger partial charge in [-0.3, -0.25) is 4.72 Å². The van der Waals surface area contributed by atoms with Crippen molar-refractivity contribution in [1.29, 1.82) is 0 Å². The minimum Gasteiger partial charge on any atom is -0.399 e. The quantitative estimate of drug-likeness (QED) is 0.537. The first-order valence-electron chi connectivity index (χ1n) is 7.31. The van der Waals surface area contributed by atoms with Gasteiger partial charge in [-0.15, -0.1) is 23.2 Å². The number of sulfonamides is 1. The van der Waals surface area contributed by atoms with Crippen LogP contribution in [-0.2, 0) is 10.0 Å². The van der Waals surface area contributed by atoms with E-state index >= 15 is 0 Å². The summed E-state index contributed by atoms with van der Waals surface area (Å²) in [7, 11) is -3.65. The van der Waals surface area contributed by atoms with Gasteiger partial charge >= 0.3 is 0 Å². The van der Waals surface area contributed by atoms with Crippen LogP contribution in [0.2, 0.25) is 0 Å². The molecule has 0 fully saturated rings. The topological polar surface area (TPSA) is 75.4 Å². The molecule has 0 radical (unpaired) electrons. The second kappa shape index (κ2) is 8.46. The molecule has 0 bridgehead atoms. The first-order valence-corrected chi connectivity index (χ1v) is 9.87. The van der Waals surface area contributed by atoms with Gasteiger partial charge in [-0.05, 0) is 48.5 Å². The molecule has 0 saturated carbocycles.